The number of hydrogen-bond donors (Lipinski definition) is 1. The molecule has 2 aromatic heterocycles. The van der Waals surface area contributed by atoms with E-state index in [4.69, 9.17) is 0 Å². The molecule has 0 aliphatic heterocycles. The lowest BCUT2D eigenvalue weighted by Gasteiger charge is -2.09. The van der Waals surface area contributed by atoms with Crippen LogP contribution in [-0.2, 0) is 6.54 Å². The molecule has 0 saturated carbocycles. The van der Waals surface area contributed by atoms with Crippen molar-refractivity contribution < 1.29 is 0 Å². The summed E-state index contributed by atoms with van der Waals surface area (Å²) in [6.45, 7) is 2.81. The molecule has 94 valence electrons. The summed E-state index contributed by atoms with van der Waals surface area (Å²) >= 11 is 0. The summed E-state index contributed by atoms with van der Waals surface area (Å²) in [5.74, 6) is 0. The molecule has 2 heterocycles. The number of rotatable bonds is 3. The van der Waals surface area contributed by atoms with Gasteiger partial charge < -0.3 is 5.32 Å². The lowest BCUT2D eigenvalue weighted by molar-refractivity contribution is 1.12. The Morgan fingerprint density at radius 2 is 1.84 bits per heavy atom. The van der Waals surface area contributed by atoms with Gasteiger partial charge in [0, 0.05) is 25.1 Å². The van der Waals surface area contributed by atoms with Crippen molar-refractivity contribution in [2.24, 2.45) is 0 Å². The van der Waals surface area contributed by atoms with Gasteiger partial charge in [0.25, 0.3) is 0 Å². The van der Waals surface area contributed by atoms with Gasteiger partial charge in [-0.05, 0) is 36.2 Å². The van der Waals surface area contributed by atoms with Crippen LogP contribution < -0.4 is 5.32 Å². The Kier molecular flexibility index (Phi) is 3.06. The van der Waals surface area contributed by atoms with Gasteiger partial charge in [0.15, 0.2) is 0 Å². The molecule has 4 nitrogen and oxygen atoms in total. The maximum absolute atomic E-state index is 4.31. The topological polar surface area (TPSA) is 50.7 Å². The highest BCUT2D eigenvalue weighted by molar-refractivity contribution is 5.74. The zero-order valence-corrected chi connectivity index (χ0v) is 10.7. The van der Waals surface area contributed by atoms with Gasteiger partial charge in [0.1, 0.15) is 0 Å². The first-order chi connectivity index (χ1) is 9.33. The van der Waals surface area contributed by atoms with Crippen LogP contribution in [0.15, 0.2) is 49.1 Å². The van der Waals surface area contributed by atoms with Gasteiger partial charge >= 0.3 is 0 Å². The molecule has 0 spiro atoms. The zero-order valence-electron chi connectivity index (χ0n) is 10.7. The minimum absolute atomic E-state index is 0.749. The second-order valence-electron chi connectivity index (χ2n) is 4.42. The van der Waals surface area contributed by atoms with Gasteiger partial charge in [-0.15, -0.1) is 0 Å². The van der Waals surface area contributed by atoms with Crippen LogP contribution in [0, 0.1) is 6.92 Å². The molecular formula is C15H14N4. The van der Waals surface area contributed by atoms with Crippen LogP contribution in [0.4, 0.5) is 5.69 Å². The highest BCUT2D eigenvalue weighted by atomic mass is 14.9. The molecule has 0 radical (unpaired) electrons. The fourth-order valence-corrected chi connectivity index (χ4v) is 1.97. The van der Waals surface area contributed by atoms with Crippen LogP contribution in [0.25, 0.3) is 11.0 Å². The van der Waals surface area contributed by atoms with Crippen LogP contribution in [0.5, 0.6) is 0 Å². The highest BCUT2D eigenvalue weighted by Gasteiger charge is 2.00. The van der Waals surface area contributed by atoms with E-state index in [9.17, 15) is 0 Å². The van der Waals surface area contributed by atoms with E-state index in [0.29, 0.717) is 0 Å². The highest BCUT2D eigenvalue weighted by Crippen LogP contribution is 2.15. The van der Waals surface area contributed by atoms with Crippen molar-refractivity contribution in [3.63, 3.8) is 0 Å². The van der Waals surface area contributed by atoms with E-state index in [1.165, 1.54) is 11.1 Å². The molecule has 0 saturated heterocycles. The monoisotopic (exact) mass is 250 g/mol. The van der Waals surface area contributed by atoms with Crippen LogP contribution in [0.2, 0.25) is 0 Å². The van der Waals surface area contributed by atoms with Crippen molar-refractivity contribution in [3.05, 3.63) is 60.2 Å². The number of fused-ring (bicyclic) bond motifs is 1. The van der Waals surface area contributed by atoms with E-state index in [1.54, 1.807) is 18.6 Å². The lowest BCUT2D eigenvalue weighted by Crippen LogP contribution is -2.01. The third kappa shape index (κ3) is 2.52. The first kappa shape index (κ1) is 11.6. The summed E-state index contributed by atoms with van der Waals surface area (Å²) in [6, 6.07) is 8.11. The van der Waals surface area contributed by atoms with Gasteiger partial charge in [0.05, 0.1) is 22.9 Å². The number of aromatic nitrogens is 3. The van der Waals surface area contributed by atoms with E-state index >= 15 is 0 Å². The Morgan fingerprint density at radius 1 is 1.00 bits per heavy atom. The normalized spacial score (nSPS) is 10.6. The third-order valence-corrected chi connectivity index (χ3v) is 3.06. The SMILES string of the molecule is Cc1ccncc1NCc1ccc2nccnc2c1. The number of pyridine rings is 1. The number of nitrogens with zero attached hydrogens (tertiary/aromatic N) is 3. The van der Waals surface area contributed by atoms with Crippen LogP contribution in [0.3, 0.4) is 0 Å². The van der Waals surface area contributed by atoms with Crippen molar-refractivity contribution in [3.8, 4) is 0 Å². The molecule has 1 N–H and O–H groups in total. The van der Waals surface area contributed by atoms with Gasteiger partial charge in [-0.3, -0.25) is 15.0 Å². The Bertz CT molecular complexity index is 709. The van der Waals surface area contributed by atoms with Gasteiger partial charge in [0.2, 0.25) is 0 Å². The van der Waals surface area contributed by atoms with Crippen LogP contribution in [0.1, 0.15) is 11.1 Å². The molecule has 1 aromatic carbocycles. The average Bonchev–Trinajstić information content (AvgIpc) is 2.46. The Morgan fingerprint density at radius 3 is 2.68 bits per heavy atom. The smallest absolute Gasteiger partial charge is 0.0890 e. The average molecular weight is 250 g/mol. The molecule has 3 rings (SSSR count). The molecule has 4 heteroatoms. The third-order valence-electron chi connectivity index (χ3n) is 3.06. The summed E-state index contributed by atoms with van der Waals surface area (Å²) < 4.78 is 0. The van der Waals surface area contributed by atoms with Crippen molar-refractivity contribution in [1.82, 2.24) is 15.0 Å². The van der Waals surface area contributed by atoms with Gasteiger partial charge in [-0.1, -0.05) is 6.07 Å². The minimum atomic E-state index is 0.749. The molecule has 0 bridgehead atoms. The Hall–Kier alpha value is -2.49. The van der Waals surface area contributed by atoms with E-state index in [1.807, 2.05) is 18.3 Å². The predicted octanol–water partition coefficient (Wildman–Crippen LogP) is 2.95. The molecule has 0 amide bonds. The molecule has 0 unspecified atom stereocenters. The maximum Gasteiger partial charge on any atom is 0.0890 e. The molecule has 19 heavy (non-hydrogen) atoms. The number of nitrogens with one attached hydrogen (secondary N) is 1. The number of hydrogen-bond acceptors (Lipinski definition) is 4. The summed E-state index contributed by atoms with van der Waals surface area (Å²) in [5, 5.41) is 3.38. The zero-order chi connectivity index (χ0) is 13.1. The molecule has 0 atom stereocenters. The standard InChI is InChI=1S/C15H14N4/c1-11-4-5-16-10-15(11)19-9-12-2-3-13-14(8-12)18-7-6-17-13/h2-8,10,19H,9H2,1H3. The fraction of sp³-hybridized carbons (Fsp3) is 0.133. The first-order valence-corrected chi connectivity index (χ1v) is 6.17. The predicted molar refractivity (Wildman–Crippen MR) is 75.8 cm³/mol. The molecule has 3 aromatic rings. The quantitative estimate of drug-likeness (QED) is 0.776. The van der Waals surface area contributed by atoms with Crippen molar-refractivity contribution in [2.75, 3.05) is 5.32 Å². The second kappa shape index (κ2) is 5.02. The molecule has 0 aliphatic rings. The molecule has 0 aliphatic carbocycles. The number of benzene rings is 1. The number of anilines is 1. The second-order valence-corrected chi connectivity index (χ2v) is 4.42. The molecule has 0 fully saturated rings. The van der Waals surface area contributed by atoms with E-state index in [0.717, 1.165) is 23.3 Å². The van der Waals surface area contributed by atoms with E-state index < -0.39 is 0 Å². The van der Waals surface area contributed by atoms with Crippen molar-refractivity contribution >= 4 is 16.7 Å². The van der Waals surface area contributed by atoms with Crippen LogP contribution >= 0.6 is 0 Å². The first-order valence-electron chi connectivity index (χ1n) is 6.17. The summed E-state index contributed by atoms with van der Waals surface area (Å²) in [4.78, 5) is 12.7. The van der Waals surface area contributed by atoms with Gasteiger partial charge in [-0.25, -0.2) is 0 Å². The largest absolute Gasteiger partial charge is 0.380 e. The maximum atomic E-state index is 4.31. The lowest BCUT2D eigenvalue weighted by atomic mass is 10.2. The Balaban J connectivity index is 1.80. The summed E-state index contributed by atoms with van der Waals surface area (Å²) in [7, 11) is 0. The van der Waals surface area contributed by atoms with Crippen molar-refractivity contribution in [1.29, 1.82) is 0 Å². The van der Waals surface area contributed by atoms with E-state index in [-0.39, 0.29) is 0 Å². The summed E-state index contributed by atoms with van der Waals surface area (Å²) in [5.41, 5.74) is 5.27. The molecular weight excluding hydrogens is 236 g/mol. The van der Waals surface area contributed by atoms with Crippen molar-refractivity contribution in [2.45, 2.75) is 13.5 Å². The minimum Gasteiger partial charge on any atom is -0.380 e. The van der Waals surface area contributed by atoms with Gasteiger partial charge in [-0.2, -0.15) is 0 Å². The number of aryl methyl sites for hydroxylation is 1. The Labute approximate surface area is 111 Å². The summed E-state index contributed by atoms with van der Waals surface area (Å²) in [6.07, 6.45) is 7.06. The fourth-order valence-electron chi connectivity index (χ4n) is 1.97. The van der Waals surface area contributed by atoms with Crippen LogP contribution in [-0.4, -0.2) is 15.0 Å². The van der Waals surface area contributed by atoms with E-state index in [2.05, 4.69) is 39.3 Å².